The molecule has 7 heteroatoms. The van der Waals surface area contributed by atoms with E-state index in [4.69, 9.17) is 5.11 Å². The summed E-state index contributed by atoms with van der Waals surface area (Å²) in [7, 11) is 0. The molecule has 0 saturated carbocycles. The van der Waals surface area contributed by atoms with Gasteiger partial charge in [0, 0.05) is 18.0 Å². The van der Waals surface area contributed by atoms with Gasteiger partial charge in [-0.1, -0.05) is 29.2 Å². The van der Waals surface area contributed by atoms with Crippen LogP contribution in [0.15, 0.2) is 28.6 Å². The van der Waals surface area contributed by atoms with Crippen molar-refractivity contribution < 1.29 is 9.50 Å². The molecule has 102 valence electrons. The van der Waals surface area contributed by atoms with Crippen molar-refractivity contribution in [3.8, 4) is 0 Å². The van der Waals surface area contributed by atoms with Gasteiger partial charge in [0.05, 0.1) is 0 Å². The number of hydrogen-bond donors (Lipinski definition) is 2. The first-order valence-corrected chi connectivity index (χ1v) is 7.68. The molecule has 0 bridgehead atoms. The fraction of sp³-hybridized carbons (Fsp3) is 0.333. The molecule has 0 aliphatic carbocycles. The molecule has 1 aromatic carbocycles. The fourth-order valence-corrected chi connectivity index (χ4v) is 3.22. The fourth-order valence-electron chi connectivity index (χ4n) is 1.38. The molecule has 0 amide bonds. The van der Waals surface area contributed by atoms with E-state index in [0.29, 0.717) is 10.8 Å². The Kier molecular flexibility index (Phi) is 5.56. The molecule has 2 aromatic rings. The number of anilines is 2. The number of benzene rings is 1. The highest BCUT2D eigenvalue weighted by Gasteiger charge is 2.05. The monoisotopic (exact) mass is 299 g/mol. The maximum absolute atomic E-state index is 13.0. The average Bonchev–Trinajstić information content (AvgIpc) is 2.82. The zero-order valence-electron chi connectivity index (χ0n) is 10.2. The molecule has 2 N–H and O–H groups in total. The Hall–Kier alpha value is -1.18. The topological polar surface area (TPSA) is 58.0 Å². The first-order valence-electron chi connectivity index (χ1n) is 5.87. The molecule has 0 fully saturated rings. The summed E-state index contributed by atoms with van der Waals surface area (Å²) in [5.74, 6) is 0.628. The second kappa shape index (κ2) is 7.42. The Morgan fingerprint density at radius 1 is 1.32 bits per heavy atom. The maximum atomic E-state index is 13.0. The van der Waals surface area contributed by atoms with Crippen LogP contribution in [0.2, 0.25) is 0 Å². The first-order chi connectivity index (χ1) is 9.28. The molecule has 0 unspecified atom stereocenters. The Balaban J connectivity index is 1.87. The number of halogens is 1. The summed E-state index contributed by atoms with van der Waals surface area (Å²) < 4.78 is 13.9. The minimum absolute atomic E-state index is 0.225. The van der Waals surface area contributed by atoms with Crippen molar-refractivity contribution in [1.29, 1.82) is 0 Å². The molecule has 1 aromatic heterocycles. The Labute approximate surface area is 119 Å². The van der Waals surface area contributed by atoms with Gasteiger partial charge < -0.3 is 10.4 Å². The van der Waals surface area contributed by atoms with E-state index in [1.54, 1.807) is 23.9 Å². The van der Waals surface area contributed by atoms with Crippen molar-refractivity contribution in [1.82, 2.24) is 10.2 Å². The molecule has 0 saturated heterocycles. The molecule has 19 heavy (non-hydrogen) atoms. The number of nitrogens with zero attached hydrogens (tertiary/aromatic N) is 2. The maximum Gasteiger partial charge on any atom is 0.210 e. The predicted molar refractivity (Wildman–Crippen MR) is 76.6 cm³/mol. The molecular weight excluding hydrogens is 285 g/mol. The molecule has 0 aliphatic heterocycles. The van der Waals surface area contributed by atoms with E-state index in [-0.39, 0.29) is 12.4 Å². The average molecular weight is 299 g/mol. The van der Waals surface area contributed by atoms with Gasteiger partial charge in [0.1, 0.15) is 5.82 Å². The summed E-state index contributed by atoms with van der Waals surface area (Å²) in [4.78, 5) is 0. The zero-order valence-corrected chi connectivity index (χ0v) is 11.8. The van der Waals surface area contributed by atoms with Gasteiger partial charge in [0.15, 0.2) is 4.34 Å². The van der Waals surface area contributed by atoms with Gasteiger partial charge in [-0.05, 0) is 31.0 Å². The number of thioether (sulfide) groups is 1. The summed E-state index contributed by atoms with van der Waals surface area (Å²) in [5.41, 5.74) is 0.660. The quantitative estimate of drug-likeness (QED) is 0.607. The number of aromatic nitrogens is 2. The smallest absolute Gasteiger partial charge is 0.210 e. The Morgan fingerprint density at radius 3 is 3.00 bits per heavy atom. The van der Waals surface area contributed by atoms with E-state index in [1.807, 2.05) is 0 Å². The van der Waals surface area contributed by atoms with Crippen LogP contribution < -0.4 is 5.32 Å². The van der Waals surface area contributed by atoms with Gasteiger partial charge in [-0.15, -0.1) is 10.2 Å². The standard InChI is InChI=1S/C12H14FN3OS2/c13-9-4-3-5-10(8-9)14-11-15-16-12(19-11)18-7-2-1-6-17/h3-5,8,17H,1-2,6-7H2,(H,14,15). The molecule has 1 heterocycles. The van der Waals surface area contributed by atoms with Crippen molar-refractivity contribution in [2.75, 3.05) is 17.7 Å². The Morgan fingerprint density at radius 2 is 2.21 bits per heavy atom. The van der Waals surface area contributed by atoms with Crippen LogP contribution in [0.25, 0.3) is 0 Å². The second-order valence-corrected chi connectivity index (χ2v) is 6.11. The lowest BCUT2D eigenvalue weighted by atomic mass is 10.3. The van der Waals surface area contributed by atoms with Crippen molar-refractivity contribution >= 4 is 33.9 Å². The van der Waals surface area contributed by atoms with Gasteiger partial charge in [-0.25, -0.2) is 4.39 Å². The summed E-state index contributed by atoms with van der Waals surface area (Å²) in [6, 6.07) is 6.23. The number of rotatable bonds is 7. The van der Waals surface area contributed by atoms with Gasteiger partial charge in [-0.3, -0.25) is 0 Å². The Bertz CT molecular complexity index is 521. The van der Waals surface area contributed by atoms with Gasteiger partial charge in [-0.2, -0.15) is 0 Å². The van der Waals surface area contributed by atoms with E-state index >= 15 is 0 Å². The third-order valence-corrected chi connectivity index (χ3v) is 4.32. The summed E-state index contributed by atoms with van der Waals surface area (Å²) in [5, 5.41) is 20.4. The van der Waals surface area contributed by atoms with Crippen LogP contribution in [-0.2, 0) is 0 Å². The second-order valence-electron chi connectivity index (χ2n) is 3.79. The molecular formula is C12H14FN3OS2. The van der Waals surface area contributed by atoms with Crippen LogP contribution in [0.3, 0.4) is 0 Å². The minimum atomic E-state index is -0.284. The van der Waals surface area contributed by atoms with Gasteiger partial charge in [0.25, 0.3) is 0 Å². The number of aliphatic hydroxyl groups excluding tert-OH is 1. The zero-order chi connectivity index (χ0) is 13.5. The minimum Gasteiger partial charge on any atom is -0.396 e. The summed E-state index contributed by atoms with van der Waals surface area (Å²) in [6.45, 7) is 0.225. The lowest BCUT2D eigenvalue weighted by molar-refractivity contribution is 0.287. The third-order valence-electron chi connectivity index (χ3n) is 2.26. The lowest BCUT2D eigenvalue weighted by Gasteiger charge is -2.00. The van der Waals surface area contributed by atoms with E-state index < -0.39 is 0 Å². The van der Waals surface area contributed by atoms with Crippen LogP contribution in [0.1, 0.15) is 12.8 Å². The van der Waals surface area contributed by atoms with Crippen molar-refractivity contribution in [3.63, 3.8) is 0 Å². The third kappa shape index (κ3) is 4.77. The van der Waals surface area contributed by atoms with Gasteiger partial charge in [0.2, 0.25) is 5.13 Å². The molecule has 2 rings (SSSR count). The largest absolute Gasteiger partial charge is 0.396 e. The van der Waals surface area contributed by atoms with Gasteiger partial charge >= 0.3 is 0 Å². The lowest BCUT2D eigenvalue weighted by Crippen LogP contribution is -1.89. The highest BCUT2D eigenvalue weighted by atomic mass is 32.2. The molecule has 0 radical (unpaired) electrons. The normalized spacial score (nSPS) is 10.6. The van der Waals surface area contributed by atoms with Crippen LogP contribution >= 0.6 is 23.1 Å². The van der Waals surface area contributed by atoms with E-state index in [0.717, 1.165) is 22.9 Å². The van der Waals surface area contributed by atoms with Crippen LogP contribution in [-0.4, -0.2) is 27.7 Å². The molecule has 0 spiro atoms. The number of unbranched alkanes of at least 4 members (excludes halogenated alkanes) is 1. The van der Waals surface area contributed by atoms with Crippen LogP contribution in [0.5, 0.6) is 0 Å². The van der Waals surface area contributed by atoms with E-state index in [9.17, 15) is 4.39 Å². The van der Waals surface area contributed by atoms with E-state index in [1.165, 1.54) is 23.5 Å². The van der Waals surface area contributed by atoms with E-state index in [2.05, 4.69) is 15.5 Å². The summed E-state index contributed by atoms with van der Waals surface area (Å²) in [6.07, 6.45) is 1.76. The number of hydrogen-bond acceptors (Lipinski definition) is 6. The van der Waals surface area contributed by atoms with Crippen LogP contribution in [0.4, 0.5) is 15.2 Å². The number of aliphatic hydroxyl groups is 1. The summed E-state index contributed by atoms with van der Waals surface area (Å²) >= 11 is 3.05. The SMILES string of the molecule is OCCCCSc1nnc(Nc2cccc(F)c2)s1. The predicted octanol–water partition coefficient (Wildman–Crippen LogP) is 3.29. The van der Waals surface area contributed by atoms with Crippen molar-refractivity contribution in [2.45, 2.75) is 17.2 Å². The van der Waals surface area contributed by atoms with Crippen molar-refractivity contribution in [2.24, 2.45) is 0 Å². The molecule has 0 aliphatic rings. The van der Waals surface area contributed by atoms with Crippen molar-refractivity contribution in [3.05, 3.63) is 30.1 Å². The highest BCUT2D eigenvalue weighted by molar-refractivity contribution is 8.01. The molecule has 4 nitrogen and oxygen atoms in total. The highest BCUT2D eigenvalue weighted by Crippen LogP contribution is 2.28. The molecule has 0 atom stereocenters. The first kappa shape index (κ1) is 14.2. The number of nitrogens with one attached hydrogen (secondary N) is 1. The van der Waals surface area contributed by atoms with Crippen LogP contribution in [0, 0.1) is 5.82 Å².